The average molecular weight is 472 g/mol. The zero-order valence-electron chi connectivity index (χ0n) is 20.0. The van der Waals surface area contributed by atoms with Gasteiger partial charge in [0.2, 0.25) is 0 Å². The number of methoxy groups -OCH3 is 2. The number of anilines is 1. The molecule has 1 saturated heterocycles. The van der Waals surface area contributed by atoms with E-state index in [-0.39, 0.29) is 6.01 Å². The van der Waals surface area contributed by atoms with Crippen molar-refractivity contribution in [2.75, 3.05) is 51.8 Å². The van der Waals surface area contributed by atoms with Crippen molar-refractivity contribution in [3.63, 3.8) is 0 Å². The molecule has 0 radical (unpaired) electrons. The molecule has 1 aromatic heterocycles. The molecule has 0 bridgehead atoms. The summed E-state index contributed by atoms with van der Waals surface area (Å²) in [6, 6.07) is 10.7. The third kappa shape index (κ3) is 5.57. The summed E-state index contributed by atoms with van der Waals surface area (Å²) < 4.78 is 16.7. The number of hydrogen-bond acceptors (Lipinski definition) is 8. The fourth-order valence-electron chi connectivity index (χ4n) is 4.54. The van der Waals surface area contributed by atoms with Gasteiger partial charge in [0.05, 0.1) is 5.69 Å². The van der Waals surface area contributed by atoms with E-state index in [0.717, 1.165) is 36.6 Å². The minimum absolute atomic E-state index is 0.280. The van der Waals surface area contributed by atoms with Gasteiger partial charge in [0.15, 0.2) is 6.29 Å². The Labute approximate surface area is 200 Å². The van der Waals surface area contributed by atoms with E-state index >= 15 is 0 Å². The number of fused-ring (bicyclic) bond motifs is 1. The van der Waals surface area contributed by atoms with Gasteiger partial charge in [-0.05, 0) is 18.9 Å². The Hall–Kier alpha value is -2.95. The molecule has 0 spiro atoms. The van der Waals surface area contributed by atoms with Crippen molar-refractivity contribution in [1.82, 2.24) is 19.8 Å². The first kappa shape index (κ1) is 24.2. The number of ether oxygens (including phenoxy) is 3. The third-order valence-electron chi connectivity index (χ3n) is 6.34. The average Bonchev–Trinajstić information content (AvgIpc) is 2.85. The Morgan fingerprint density at radius 2 is 1.76 bits per heavy atom. The van der Waals surface area contributed by atoms with Crippen molar-refractivity contribution in [3.8, 4) is 6.01 Å². The zero-order chi connectivity index (χ0) is 24.1. The molecule has 34 heavy (non-hydrogen) atoms. The fourth-order valence-corrected chi connectivity index (χ4v) is 4.54. The normalized spacial score (nSPS) is 17.5. The number of carbonyl (C=O) groups is 1. The van der Waals surface area contributed by atoms with Crippen LogP contribution in [0.2, 0.25) is 0 Å². The van der Waals surface area contributed by atoms with E-state index < -0.39 is 18.5 Å². The maximum Gasteiger partial charge on any atom is 0.407 e. The van der Waals surface area contributed by atoms with Crippen molar-refractivity contribution in [1.29, 1.82) is 0 Å². The maximum atomic E-state index is 11.3. The van der Waals surface area contributed by atoms with Crippen molar-refractivity contribution in [2.24, 2.45) is 0 Å². The van der Waals surface area contributed by atoms with Crippen molar-refractivity contribution in [3.05, 3.63) is 47.2 Å². The largest absolute Gasteiger partial charge is 0.465 e. The second-order valence-electron chi connectivity index (χ2n) is 8.62. The highest BCUT2D eigenvalue weighted by atomic mass is 16.7. The first-order valence-corrected chi connectivity index (χ1v) is 11.6. The summed E-state index contributed by atoms with van der Waals surface area (Å²) in [6.07, 6.45) is -1.01. The van der Waals surface area contributed by atoms with Crippen molar-refractivity contribution in [2.45, 2.75) is 38.8 Å². The molecule has 1 atom stereocenters. The summed E-state index contributed by atoms with van der Waals surface area (Å²) in [4.78, 5) is 26.9. The molecule has 184 valence electrons. The van der Waals surface area contributed by atoms with Gasteiger partial charge in [0, 0.05) is 65.6 Å². The van der Waals surface area contributed by atoms with E-state index in [2.05, 4.69) is 34.1 Å². The number of aromatic nitrogens is 2. The highest BCUT2D eigenvalue weighted by Crippen LogP contribution is 2.30. The van der Waals surface area contributed by atoms with Gasteiger partial charge in [-0.2, -0.15) is 9.97 Å². The van der Waals surface area contributed by atoms with Gasteiger partial charge < -0.3 is 29.1 Å². The quantitative estimate of drug-likeness (QED) is 0.581. The molecule has 1 fully saturated rings. The highest BCUT2D eigenvalue weighted by molar-refractivity contribution is 5.65. The van der Waals surface area contributed by atoms with E-state index in [0.29, 0.717) is 32.7 Å². The summed E-state index contributed by atoms with van der Waals surface area (Å²) in [7, 11) is 3.13. The summed E-state index contributed by atoms with van der Waals surface area (Å²) in [6.45, 7) is 6.34. The molecule has 0 saturated carbocycles. The van der Waals surface area contributed by atoms with E-state index in [4.69, 9.17) is 24.2 Å². The maximum absolute atomic E-state index is 11.3. The molecule has 2 aromatic rings. The Morgan fingerprint density at radius 3 is 2.41 bits per heavy atom. The number of carboxylic acid groups (broad SMARTS) is 1. The summed E-state index contributed by atoms with van der Waals surface area (Å²) >= 11 is 0. The van der Waals surface area contributed by atoms with Crippen LogP contribution in [0.3, 0.4) is 0 Å². The Kier molecular flexibility index (Phi) is 7.81. The Bertz CT molecular complexity index is 964. The van der Waals surface area contributed by atoms with Gasteiger partial charge in [-0.3, -0.25) is 4.90 Å². The first-order valence-electron chi connectivity index (χ1n) is 11.6. The summed E-state index contributed by atoms with van der Waals surface area (Å²) in [5, 5.41) is 9.31. The molecular formula is C24H33N5O5. The second kappa shape index (κ2) is 11.0. The van der Waals surface area contributed by atoms with E-state index in [9.17, 15) is 9.90 Å². The topological polar surface area (TPSA) is 100 Å². The standard InChI is InChI=1S/C24H33N5O5/c1-17(22(32-2)33-3)34-23-25-20-16-27(15-18-7-5-4-6-8-18)10-9-19(20)21(26-23)28-11-13-29(14-12-28)24(30)31/h4-8,17,22H,9-16H2,1-3H3,(H,30,31). The molecular weight excluding hydrogens is 438 g/mol. The molecule has 1 amide bonds. The molecule has 10 heteroatoms. The van der Waals surface area contributed by atoms with Crippen LogP contribution in [0.1, 0.15) is 23.7 Å². The lowest BCUT2D eigenvalue weighted by molar-refractivity contribution is -0.152. The predicted octanol–water partition coefficient (Wildman–Crippen LogP) is 2.22. The Morgan fingerprint density at radius 1 is 1.06 bits per heavy atom. The molecule has 10 nitrogen and oxygen atoms in total. The van der Waals surface area contributed by atoms with Crippen LogP contribution >= 0.6 is 0 Å². The van der Waals surface area contributed by atoms with Crippen LogP contribution in [0, 0.1) is 0 Å². The molecule has 2 aliphatic rings. The smallest absolute Gasteiger partial charge is 0.407 e. The zero-order valence-corrected chi connectivity index (χ0v) is 20.0. The molecule has 1 unspecified atom stereocenters. The van der Waals surface area contributed by atoms with Crippen LogP contribution in [0.4, 0.5) is 10.6 Å². The minimum Gasteiger partial charge on any atom is -0.465 e. The molecule has 2 aliphatic heterocycles. The Balaban J connectivity index is 1.59. The third-order valence-corrected chi connectivity index (χ3v) is 6.34. The number of benzene rings is 1. The van der Waals surface area contributed by atoms with Gasteiger partial charge in [0.1, 0.15) is 11.9 Å². The molecule has 0 aliphatic carbocycles. The summed E-state index contributed by atoms with van der Waals surface area (Å²) in [5.74, 6) is 0.836. The lowest BCUT2D eigenvalue weighted by Gasteiger charge is -2.37. The summed E-state index contributed by atoms with van der Waals surface area (Å²) in [5.41, 5.74) is 3.32. The van der Waals surface area contributed by atoms with Gasteiger partial charge in [-0.25, -0.2) is 4.79 Å². The molecule has 1 N–H and O–H groups in total. The van der Waals surface area contributed by atoms with Gasteiger partial charge in [-0.15, -0.1) is 0 Å². The van der Waals surface area contributed by atoms with Crippen LogP contribution in [-0.4, -0.2) is 90.3 Å². The highest BCUT2D eigenvalue weighted by Gasteiger charge is 2.29. The van der Waals surface area contributed by atoms with E-state index in [1.54, 1.807) is 14.2 Å². The first-order chi connectivity index (χ1) is 16.5. The van der Waals surface area contributed by atoms with Gasteiger partial charge in [-0.1, -0.05) is 30.3 Å². The molecule has 3 heterocycles. The van der Waals surface area contributed by atoms with Gasteiger partial charge in [0.25, 0.3) is 0 Å². The number of amides is 1. The van der Waals surface area contributed by atoms with E-state index in [1.165, 1.54) is 10.5 Å². The van der Waals surface area contributed by atoms with Crippen LogP contribution in [0.25, 0.3) is 0 Å². The lowest BCUT2D eigenvalue weighted by Crippen LogP contribution is -2.49. The number of piperazine rings is 1. The number of hydrogen-bond donors (Lipinski definition) is 1. The fraction of sp³-hybridized carbons (Fsp3) is 0.542. The van der Waals surface area contributed by atoms with Crippen LogP contribution < -0.4 is 9.64 Å². The van der Waals surface area contributed by atoms with E-state index in [1.807, 2.05) is 13.0 Å². The van der Waals surface area contributed by atoms with Crippen molar-refractivity contribution < 1.29 is 24.1 Å². The van der Waals surface area contributed by atoms with Crippen molar-refractivity contribution >= 4 is 11.9 Å². The van der Waals surface area contributed by atoms with Crippen LogP contribution in [0.15, 0.2) is 30.3 Å². The predicted molar refractivity (Wildman–Crippen MR) is 126 cm³/mol. The minimum atomic E-state index is -0.885. The second-order valence-corrected chi connectivity index (χ2v) is 8.62. The SMILES string of the molecule is COC(OC)C(C)Oc1nc2c(c(N3CCN(C(=O)O)CC3)n1)CCN(Cc1ccccc1)C2. The molecule has 1 aromatic carbocycles. The number of nitrogens with zero attached hydrogens (tertiary/aromatic N) is 5. The lowest BCUT2D eigenvalue weighted by atomic mass is 10.0. The van der Waals surface area contributed by atoms with Gasteiger partial charge >= 0.3 is 12.1 Å². The monoisotopic (exact) mass is 471 g/mol. The van der Waals surface area contributed by atoms with Crippen LogP contribution in [0.5, 0.6) is 6.01 Å². The number of rotatable bonds is 8. The molecule has 4 rings (SSSR count). The van der Waals surface area contributed by atoms with Crippen LogP contribution in [-0.2, 0) is 29.0 Å².